The Hall–Kier alpha value is -2.50. The number of benzene rings is 2. The maximum atomic E-state index is 12.9. The van der Waals surface area contributed by atoms with Crippen LogP contribution in [0.3, 0.4) is 0 Å². The number of para-hydroxylation sites is 1. The predicted octanol–water partition coefficient (Wildman–Crippen LogP) is 3.66. The molecule has 2 aromatic carbocycles. The van der Waals surface area contributed by atoms with Crippen LogP contribution in [-0.4, -0.2) is 63.4 Å². The molecule has 2 fully saturated rings. The summed E-state index contributed by atoms with van der Waals surface area (Å²) >= 11 is 1.55. The number of sulfonamides is 1. The van der Waals surface area contributed by atoms with Gasteiger partial charge in [0.1, 0.15) is 5.75 Å². The van der Waals surface area contributed by atoms with Crippen LogP contribution in [0.2, 0.25) is 0 Å². The van der Waals surface area contributed by atoms with Crippen LogP contribution in [0.25, 0.3) is 11.3 Å². The molecule has 2 aliphatic rings. The van der Waals surface area contributed by atoms with Gasteiger partial charge in [-0.05, 0) is 49.2 Å². The molecule has 5 rings (SSSR count). The smallest absolute Gasteiger partial charge is 0.243 e. The summed E-state index contributed by atoms with van der Waals surface area (Å²) < 4.78 is 46.3. The molecule has 0 N–H and O–H groups in total. The van der Waals surface area contributed by atoms with Gasteiger partial charge in [0.05, 0.1) is 49.2 Å². The van der Waals surface area contributed by atoms with E-state index in [4.69, 9.17) is 19.2 Å². The SMILES string of the molecule is COc1ccccc1-c1csc(=Nc2ccc(S(=O)(=O)N3CCOCC3)cc2)n1CC1CCCO1. The first-order valence-corrected chi connectivity index (χ1v) is 14.0. The van der Waals surface area contributed by atoms with Crippen molar-refractivity contribution in [3.8, 4) is 17.0 Å². The standard InChI is InChI=1S/C25H29N3O5S2/c1-31-24-7-3-2-6-22(24)23-18-34-25(28(23)17-20-5-4-14-33-20)26-19-8-10-21(11-9-19)35(29,30)27-12-15-32-16-13-27/h2-3,6-11,18,20H,4-5,12-17H2,1H3. The topological polar surface area (TPSA) is 82.4 Å². The van der Waals surface area contributed by atoms with E-state index >= 15 is 0 Å². The number of thiazole rings is 1. The molecule has 2 aliphatic heterocycles. The Kier molecular flexibility index (Phi) is 7.35. The minimum absolute atomic E-state index is 0.137. The number of ether oxygens (including phenoxy) is 3. The lowest BCUT2D eigenvalue weighted by Gasteiger charge is -2.26. The number of nitrogens with zero attached hydrogens (tertiary/aromatic N) is 3. The van der Waals surface area contributed by atoms with E-state index in [0.29, 0.717) is 38.5 Å². The van der Waals surface area contributed by atoms with Crippen LogP contribution in [0.5, 0.6) is 5.75 Å². The average molecular weight is 516 g/mol. The molecule has 2 saturated heterocycles. The summed E-state index contributed by atoms with van der Waals surface area (Å²) in [5, 5.41) is 2.09. The summed E-state index contributed by atoms with van der Waals surface area (Å²) in [4.78, 5) is 5.97. The number of hydrogen-bond acceptors (Lipinski definition) is 7. The van der Waals surface area contributed by atoms with Crippen molar-refractivity contribution in [2.75, 3.05) is 40.0 Å². The lowest BCUT2D eigenvalue weighted by atomic mass is 10.1. The van der Waals surface area contributed by atoms with Crippen LogP contribution in [0.4, 0.5) is 5.69 Å². The number of aromatic nitrogens is 1. The van der Waals surface area contributed by atoms with E-state index < -0.39 is 10.0 Å². The molecule has 0 amide bonds. The van der Waals surface area contributed by atoms with E-state index in [9.17, 15) is 8.42 Å². The van der Waals surface area contributed by atoms with Crippen LogP contribution < -0.4 is 9.54 Å². The second-order valence-electron chi connectivity index (χ2n) is 8.47. The molecular weight excluding hydrogens is 486 g/mol. The fourth-order valence-electron chi connectivity index (χ4n) is 4.40. The van der Waals surface area contributed by atoms with E-state index in [1.807, 2.05) is 24.3 Å². The molecule has 0 radical (unpaired) electrons. The normalized spacial score (nSPS) is 19.8. The van der Waals surface area contributed by atoms with Crippen LogP contribution in [0, 0.1) is 0 Å². The van der Waals surface area contributed by atoms with E-state index in [1.54, 1.807) is 42.7 Å². The van der Waals surface area contributed by atoms with Gasteiger partial charge in [0.25, 0.3) is 0 Å². The first kappa shape index (κ1) is 24.2. The van der Waals surface area contributed by atoms with Gasteiger partial charge in [0.15, 0.2) is 4.80 Å². The molecule has 1 aromatic heterocycles. The fourth-order valence-corrected chi connectivity index (χ4v) is 6.74. The van der Waals surface area contributed by atoms with E-state index in [2.05, 4.69) is 9.95 Å². The number of rotatable bonds is 7. The monoisotopic (exact) mass is 515 g/mol. The molecule has 0 spiro atoms. The Balaban J connectivity index is 1.49. The molecule has 8 nitrogen and oxygen atoms in total. The third-order valence-electron chi connectivity index (χ3n) is 6.26. The van der Waals surface area contributed by atoms with E-state index in [-0.39, 0.29) is 11.0 Å². The summed E-state index contributed by atoms with van der Waals surface area (Å²) in [6.07, 6.45) is 2.21. The van der Waals surface area contributed by atoms with Gasteiger partial charge in [-0.15, -0.1) is 11.3 Å². The molecule has 0 saturated carbocycles. The Morgan fingerprint density at radius 2 is 1.86 bits per heavy atom. The molecular formula is C25H29N3O5S2. The molecule has 3 heterocycles. The second kappa shape index (κ2) is 10.6. The summed E-state index contributed by atoms with van der Waals surface area (Å²) in [6.45, 7) is 3.07. The molecule has 1 unspecified atom stereocenters. The van der Waals surface area contributed by atoms with Crippen LogP contribution in [-0.2, 0) is 26.0 Å². The molecule has 0 aliphatic carbocycles. The van der Waals surface area contributed by atoms with Gasteiger partial charge >= 0.3 is 0 Å². The van der Waals surface area contributed by atoms with Crippen molar-refractivity contribution >= 4 is 27.0 Å². The van der Waals surface area contributed by atoms with Crippen LogP contribution in [0.15, 0.2) is 63.8 Å². The summed E-state index contributed by atoms with van der Waals surface area (Å²) in [7, 11) is -1.86. The van der Waals surface area contributed by atoms with Crippen molar-refractivity contribution in [1.29, 1.82) is 0 Å². The van der Waals surface area contributed by atoms with Crippen molar-refractivity contribution in [2.24, 2.45) is 4.99 Å². The van der Waals surface area contributed by atoms with E-state index in [1.165, 1.54) is 4.31 Å². The Bertz CT molecular complexity index is 1320. The predicted molar refractivity (Wildman–Crippen MR) is 135 cm³/mol. The Morgan fingerprint density at radius 1 is 1.09 bits per heavy atom. The molecule has 1 atom stereocenters. The zero-order chi connectivity index (χ0) is 24.3. The molecule has 10 heteroatoms. The third-order valence-corrected chi connectivity index (χ3v) is 9.04. The maximum absolute atomic E-state index is 12.9. The Labute approximate surface area is 209 Å². The highest BCUT2D eigenvalue weighted by Gasteiger charge is 2.26. The van der Waals surface area contributed by atoms with Crippen molar-refractivity contribution in [3.05, 3.63) is 58.7 Å². The van der Waals surface area contributed by atoms with Crippen molar-refractivity contribution < 1.29 is 22.6 Å². The molecule has 0 bridgehead atoms. The highest BCUT2D eigenvalue weighted by atomic mass is 32.2. The third kappa shape index (κ3) is 5.22. The Morgan fingerprint density at radius 3 is 2.57 bits per heavy atom. The van der Waals surface area contributed by atoms with Gasteiger partial charge in [-0.1, -0.05) is 12.1 Å². The van der Waals surface area contributed by atoms with Gasteiger partial charge in [-0.3, -0.25) is 0 Å². The first-order valence-electron chi connectivity index (χ1n) is 11.7. The van der Waals surface area contributed by atoms with Crippen molar-refractivity contribution in [3.63, 3.8) is 0 Å². The average Bonchev–Trinajstić information content (AvgIpc) is 3.55. The lowest BCUT2D eigenvalue weighted by molar-refractivity contribution is 0.0730. The van der Waals surface area contributed by atoms with Crippen LogP contribution in [0.1, 0.15) is 12.8 Å². The van der Waals surface area contributed by atoms with Gasteiger partial charge in [-0.25, -0.2) is 13.4 Å². The number of morpholine rings is 1. The molecule has 186 valence electrons. The number of methoxy groups -OCH3 is 1. The summed E-state index contributed by atoms with van der Waals surface area (Å²) in [6, 6.07) is 14.7. The summed E-state index contributed by atoms with van der Waals surface area (Å²) in [5.41, 5.74) is 2.71. The van der Waals surface area contributed by atoms with Gasteiger partial charge in [0, 0.05) is 30.6 Å². The molecule has 35 heavy (non-hydrogen) atoms. The highest BCUT2D eigenvalue weighted by Crippen LogP contribution is 2.31. The van der Waals surface area contributed by atoms with Crippen molar-refractivity contribution in [2.45, 2.75) is 30.4 Å². The van der Waals surface area contributed by atoms with Gasteiger partial charge in [-0.2, -0.15) is 4.31 Å². The quantitative estimate of drug-likeness (QED) is 0.480. The zero-order valence-electron chi connectivity index (χ0n) is 19.6. The minimum Gasteiger partial charge on any atom is -0.496 e. The fraction of sp³-hybridized carbons (Fsp3) is 0.400. The highest BCUT2D eigenvalue weighted by molar-refractivity contribution is 7.89. The largest absolute Gasteiger partial charge is 0.496 e. The van der Waals surface area contributed by atoms with E-state index in [0.717, 1.165) is 41.3 Å². The minimum atomic E-state index is -3.54. The van der Waals surface area contributed by atoms with Crippen LogP contribution >= 0.6 is 11.3 Å². The van der Waals surface area contributed by atoms with Gasteiger partial charge < -0.3 is 18.8 Å². The zero-order valence-corrected chi connectivity index (χ0v) is 21.3. The second-order valence-corrected chi connectivity index (χ2v) is 11.2. The summed E-state index contributed by atoms with van der Waals surface area (Å²) in [5.74, 6) is 0.801. The van der Waals surface area contributed by atoms with Crippen molar-refractivity contribution in [1.82, 2.24) is 8.87 Å². The number of hydrogen-bond donors (Lipinski definition) is 0. The first-order chi connectivity index (χ1) is 17.1. The lowest BCUT2D eigenvalue weighted by Crippen LogP contribution is -2.40. The van der Waals surface area contributed by atoms with Gasteiger partial charge in [0.2, 0.25) is 10.0 Å². The molecule has 3 aromatic rings. The maximum Gasteiger partial charge on any atom is 0.243 e.